The number of aliphatic hydroxyl groups excluding tert-OH is 1. The molecule has 0 unspecified atom stereocenters. The first-order chi connectivity index (χ1) is 10.5. The fraction of sp³-hybridized carbons (Fsp3) is 0.533. The highest BCUT2D eigenvalue weighted by atomic mass is 19.3. The number of benzene rings is 1. The number of carbonyl (C=O) groups excluding carboxylic acids is 1. The van der Waals surface area contributed by atoms with Crippen molar-refractivity contribution < 1.29 is 23.4 Å². The van der Waals surface area contributed by atoms with Gasteiger partial charge in [-0.3, -0.25) is 9.69 Å². The van der Waals surface area contributed by atoms with E-state index < -0.39 is 6.61 Å². The molecule has 0 spiro atoms. The molecule has 0 radical (unpaired) electrons. The predicted octanol–water partition coefficient (Wildman–Crippen LogP) is 1.26. The normalized spacial score (nSPS) is 11.0. The maximum Gasteiger partial charge on any atom is 0.387 e. The fourth-order valence-electron chi connectivity index (χ4n) is 1.93. The summed E-state index contributed by atoms with van der Waals surface area (Å²) in [6.45, 7) is 0.989. The molecule has 1 rings (SSSR count). The highest BCUT2D eigenvalue weighted by Gasteiger charge is 2.08. The first-order valence-corrected chi connectivity index (χ1v) is 7.18. The minimum absolute atomic E-state index is 0.0220. The van der Waals surface area contributed by atoms with Gasteiger partial charge in [0.15, 0.2) is 0 Å². The van der Waals surface area contributed by atoms with Gasteiger partial charge < -0.3 is 15.2 Å². The Hall–Kier alpha value is -1.73. The van der Waals surface area contributed by atoms with E-state index in [9.17, 15) is 13.6 Å². The lowest BCUT2D eigenvalue weighted by Crippen LogP contribution is -2.39. The maximum absolute atomic E-state index is 12.0. The van der Waals surface area contributed by atoms with E-state index >= 15 is 0 Å². The Morgan fingerprint density at radius 3 is 2.59 bits per heavy atom. The number of rotatable bonds is 10. The number of hydrogen-bond acceptors (Lipinski definition) is 4. The zero-order valence-corrected chi connectivity index (χ0v) is 12.6. The molecule has 124 valence electrons. The standard InChI is InChI=1S/C15H22F2N2O3/c1-2-19(9-10-20)11-14(21)18-8-7-12-3-5-13(6-4-12)22-15(16)17/h3-6,15,20H,2,7-11H2,1H3,(H,18,21). The number of hydrogen-bond donors (Lipinski definition) is 2. The zero-order valence-electron chi connectivity index (χ0n) is 12.6. The van der Waals surface area contributed by atoms with Crippen LogP contribution in [0, 0.1) is 0 Å². The van der Waals surface area contributed by atoms with E-state index in [0.29, 0.717) is 26.1 Å². The molecule has 0 aliphatic heterocycles. The number of carbonyl (C=O) groups is 1. The first-order valence-electron chi connectivity index (χ1n) is 7.18. The van der Waals surface area contributed by atoms with Crippen LogP contribution < -0.4 is 10.1 Å². The molecule has 0 fully saturated rings. The van der Waals surface area contributed by atoms with Crippen LogP contribution in [-0.4, -0.2) is 55.3 Å². The van der Waals surface area contributed by atoms with Crippen LogP contribution in [0.3, 0.4) is 0 Å². The third-order valence-corrected chi connectivity index (χ3v) is 3.12. The average Bonchev–Trinajstić information content (AvgIpc) is 2.48. The number of likely N-dealkylation sites (N-methyl/N-ethyl adjacent to an activating group) is 1. The van der Waals surface area contributed by atoms with E-state index in [4.69, 9.17) is 5.11 Å². The van der Waals surface area contributed by atoms with Crippen LogP contribution in [-0.2, 0) is 11.2 Å². The number of amides is 1. The number of alkyl halides is 2. The lowest BCUT2D eigenvalue weighted by Gasteiger charge is -2.18. The molecule has 1 amide bonds. The molecule has 0 aromatic heterocycles. The molecule has 0 atom stereocenters. The van der Waals surface area contributed by atoms with Crippen molar-refractivity contribution >= 4 is 5.91 Å². The van der Waals surface area contributed by atoms with Gasteiger partial charge in [-0.1, -0.05) is 19.1 Å². The van der Waals surface area contributed by atoms with Gasteiger partial charge in [0.25, 0.3) is 0 Å². The Morgan fingerprint density at radius 2 is 2.05 bits per heavy atom. The summed E-state index contributed by atoms with van der Waals surface area (Å²) in [5, 5.41) is 11.6. The number of nitrogens with zero attached hydrogens (tertiary/aromatic N) is 1. The molecule has 22 heavy (non-hydrogen) atoms. The number of halogens is 2. The SMILES string of the molecule is CCN(CCO)CC(=O)NCCc1ccc(OC(F)F)cc1. The van der Waals surface area contributed by atoms with Gasteiger partial charge in [-0.15, -0.1) is 0 Å². The van der Waals surface area contributed by atoms with Crippen LogP contribution in [0.4, 0.5) is 8.78 Å². The van der Waals surface area contributed by atoms with E-state index in [1.807, 2.05) is 11.8 Å². The van der Waals surface area contributed by atoms with Crippen molar-refractivity contribution in [3.63, 3.8) is 0 Å². The summed E-state index contributed by atoms with van der Waals surface area (Å²) in [5.74, 6) is 0.0123. The van der Waals surface area contributed by atoms with Crippen LogP contribution in [0.1, 0.15) is 12.5 Å². The Labute approximate surface area is 128 Å². The van der Waals surface area contributed by atoms with Crippen LogP contribution >= 0.6 is 0 Å². The second-order valence-electron chi connectivity index (χ2n) is 4.71. The second-order valence-corrected chi connectivity index (χ2v) is 4.71. The van der Waals surface area contributed by atoms with Crippen LogP contribution in [0.2, 0.25) is 0 Å². The maximum atomic E-state index is 12.0. The molecular weight excluding hydrogens is 294 g/mol. The quantitative estimate of drug-likeness (QED) is 0.682. The number of ether oxygens (including phenoxy) is 1. The van der Waals surface area contributed by atoms with Crippen molar-refractivity contribution in [1.82, 2.24) is 10.2 Å². The minimum atomic E-state index is -2.83. The van der Waals surface area contributed by atoms with Gasteiger partial charge in [-0.2, -0.15) is 8.78 Å². The van der Waals surface area contributed by atoms with Gasteiger partial charge >= 0.3 is 6.61 Å². The molecule has 5 nitrogen and oxygen atoms in total. The van der Waals surface area contributed by atoms with Crippen LogP contribution in [0.25, 0.3) is 0 Å². The lowest BCUT2D eigenvalue weighted by molar-refractivity contribution is -0.122. The van der Waals surface area contributed by atoms with E-state index in [2.05, 4.69) is 10.1 Å². The van der Waals surface area contributed by atoms with Gasteiger partial charge in [-0.05, 0) is 30.7 Å². The van der Waals surface area contributed by atoms with Crippen LogP contribution in [0.15, 0.2) is 24.3 Å². The van der Waals surface area contributed by atoms with Crippen molar-refractivity contribution in [2.75, 3.05) is 32.8 Å². The summed E-state index contributed by atoms with van der Waals surface area (Å²) in [5.41, 5.74) is 0.921. The van der Waals surface area contributed by atoms with Crippen molar-refractivity contribution in [2.24, 2.45) is 0 Å². The van der Waals surface area contributed by atoms with Crippen molar-refractivity contribution in [3.8, 4) is 5.75 Å². The smallest absolute Gasteiger partial charge is 0.387 e. The van der Waals surface area contributed by atoms with Crippen molar-refractivity contribution in [2.45, 2.75) is 20.0 Å². The Balaban J connectivity index is 2.30. The van der Waals surface area contributed by atoms with Gasteiger partial charge in [0.05, 0.1) is 13.2 Å². The number of nitrogens with one attached hydrogen (secondary N) is 1. The monoisotopic (exact) mass is 316 g/mol. The molecular formula is C15H22F2N2O3. The molecule has 0 heterocycles. The van der Waals surface area contributed by atoms with E-state index in [1.165, 1.54) is 12.1 Å². The minimum Gasteiger partial charge on any atom is -0.435 e. The summed E-state index contributed by atoms with van der Waals surface area (Å²) >= 11 is 0. The summed E-state index contributed by atoms with van der Waals surface area (Å²) in [6.07, 6.45) is 0.604. The summed E-state index contributed by atoms with van der Waals surface area (Å²) in [7, 11) is 0. The Kier molecular flexibility index (Phi) is 8.39. The molecule has 0 bridgehead atoms. The lowest BCUT2D eigenvalue weighted by atomic mass is 10.1. The molecule has 0 aliphatic rings. The average molecular weight is 316 g/mol. The zero-order chi connectivity index (χ0) is 16.4. The van der Waals surface area contributed by atoms with Gasteiger partial charge in [0.1, 0.15) is 5.75 Å². The first kappa shape index (κ1) is 18.3. The molecule has 1 aromatic carbocycles. The molecule has 0 saturated carbocycles. The largest absolute Gasteiger partial charge is 0.435 e. The van der Waals surface area contributed by atoms with Gasteiger partial charge in [0.2, 0.25) is 5.91 Å². The summed E-state index contributed by atoms with van der Waals surface area (Å²) in [6, 6.07) is 6.33. The van der Waals surface area contributed by atoms with E-state index in [0.717, 1.165) is 5.56 Å². The van der Waals surface area contributed by atoms with Crippen molar-refractivity contribution in [3.05, 3.63) is 29.8 Å². The topological polar surface area (TPSA) is 61.8 Å². The predicted molar refractivity (Wildman–Crippen MR) is 79.0 cm³/mol. The van der Waals surface area contributed by atoms with E-state index in [-0.39, 0.29) is 24.8 Å². The molecule has 2 N–H and O–H groups in total. The second kappa shape index (κ2) is 10.1. The fourth-order valence-corrected chi connectivity index (χ4v) is 1.93. The van der Waals surface area contributed by atoms with E-state index in [1.54, 1.807) is 12.1 Å². The Bertz CT molecular complexity index is 441. The Morgan fingerprint density at radius 1 is 1.36 bits per heavy atom. The van der Waals surface area contributed by atoms with Gasteiger partial charge in [-0.25, -0.2) is 0 Å². The summed E-state index contributed by atoms with van der Waals surface area (Å²) in [4.78, 5) is 13.6. The summed E-state index contributed by atoms with van der Waals surface area (Å²) < 4.78 is 28.3. The molecule has 7 heteroatoms. The van der Waals surface area contributed by atoms with Gasteiger partial charge in [0, 0.05) is 13.1 Å². The third-order valence-electron chi connectivity index (χ3n) is 3.12. The molecule has 1 aromatic rings. The van der Waals surface area contributed by atoms with Crippen molar-refractivity contribution in [1.29, 1.82) is 0 Å². The number of aliphatic hydroxyl groups is 1. The van der Waals surface area contributed by atoms with Crippen LogP contribution in [0.5, 0.6) is 5.75 Å². The third kappa shape index (κ3) is 7.33. The molecule has 0 aliphatic carbocycles. The highest BCUT2D eigenvalue weighted by molar-refractivity contribution is 5.78. The highest BCUT2D eigenvalue weighted by Crippen LogP contribution is 2.14. The molecule has 0 saturated heterocycles.